The van der Waals surface area contributed by atoms with E-state index in [4.69, 9.17) is 0 Å². The summed E-state index contributed by atoms with van der Waals surface area (Å²) in [5.74, 6) is 0.0393. The molecule has 0 saturated carbocycles. The molecule has 18 heavy (non-hydrogen) atoms. The Morgan fingerprint density at radius 1 is 1.06 bits per heavy atom. The fraction of sp³-hybridized carbons (Fsp3) is 0.846. The van der Waals surface area contributed by atoms with Crippen molar-refractivity contribution in [3.8, 4) is 0 Å². The molecular formula is C13H27N3O2. The van der Waals surface area contributed by atoms with Crippen LogP contribution in [0.1, 0.15) is 32.6 Å². The molecule has 1 amide bonds. The van der Waals surface area contributed by atoms with Gasteiger partial charge in [-0.3, -0.25) is 4.79 Å². The molecular weight excluding hydrogens is 230 g/mol. The van der Waals surface area contributed by atoms with Crippen molar-refractivity contribution in [2.75, 3.05) is 40.3 Å². The Hall–Kier alpha value is -0.940. The number of carbonyl (C=O) groups excluding carboxylic acids is 2. The third kappa shape index (κ3) is 11.5. The Labute approximate surface area is 110 Å². The molecule has 0 aliphatic heterocycles. The van der Waals surface area contributed by atoms with Gasteiger partial charge in [-0.05, 0) is 53.5 Å². The summed E-state index contributed by atoms with van der Waals surface area (Å²) in [6.07, 6.45) is 2.74. The van der Waals surface area contributed by atoms with Crippen LogP contribution in [0.3, 0.4) is 0 Å². The summed E-state index contributed by atoms with van der Waals surface area (Å²) < 4.78 is 0. The number of nitrogens with zero attached hydrogens (tertiary/aromatic N) is 1. The van der Waals surface area contributed by atoms with Crippen LogP contribution in [0.2, 0.25) is 0 Å². The predicted molar refractivity (Wildman–Crippen MR) is 73.6 cm³/mol. The van der Waals surface area contributed by atoms with Crippen LogP contribution in [0.5, 0.6) is 0 Å². The third-order valence-electron chi connectivity index (χ3n) is 2.71. The van der Waals surface area contributed by atoms with E-state index >= 15 is 0 Å². The van der Waals surface area contributed by atoms with Gasteiger partial charge in [0.15, 0.2) is 0 Å². The van der Waals surface area contributed by atoms with Gasteiger partial charge in [0.1, 0.15) is 5.78 Å². The van der Waals surface area contributed by atoms with E-state index in [1.807, 2.05) is 7.05 Å². The highest BCUT2D eigenvalue weighted by Crippen LogP contribution is 1.92. The van der Waals surface area contributed by atoms with Gasteiger partial charge in [0.2, 0.25) is 5.91 Å². The van der Waals surface area contributed by atoms with Gasteiger partial charge in [0, 0.05) is 19.4 Å². The Bertz CT molecular complexity index is 244. The molecule has 0 atom stereocenters. The summed E-state index contributed by atoms with van der Waals surface area (Å²) in [7, 11) is 4.05. The molecule has 0 radical (unpaired) electrons. The van der Waals surface area contributed by atoms with E-state index in [0.717, 1.165) is 32.5 Å². The highest BCUT2D eigenvalue weighted by molar-refractivity contribution is 5.83. The van der Waals surface area contributed by atoms with Gasteiger partial charge < -0.3 is 20.3 Å². The van der Waals surface area contributed by atoms with Gasteiger partial charge in [-0.25, -0.2) is 0 Å². The second-order valence-corrected chi connectivity index (χ2v) is 4.67. The topological polar surface area (TPSA) is 61.4 Å². The molecule has 0 bridgehead atoms. The largest absolute Gasteiger partial charge is 0.356 e. The zero-order valence-electron chi connectivity index (χ0n) is 11.9. The molecule has 0 unspecified atom stereocenters. The van der Waals surface area contributed by atoms with Crippen molar-refractivity contribution in [2.24, 2.45) is 0 Å². The molecule has 5 heteroatoms. The van der Waals surface area contributed by atoms with Crippen LogP contribution in [-0.4, -0.2) is 56.9 Å². The zero-order valence-corrected chi connectivity index (χ0v) is 11.9. The molecule has 0 heterocycles. The van der Waals surface area contributed by atoms with E-state index in [1.54, 1.807) is 0 Å². The average Bonchev–Trinajstić information content (AvgIpc) is 2.32. The van der Waals surface area contributed by atoms with E-state index in [0.29, 0.717) is 19.4 Å². The Balaban J connectivity index is 3.37. The molecule has 2 N–H and O–H groups in total. The normalized spacial score (nSPS) is 10.7. The van der Waals surface area contributed by atoms with Crippen molar-refractivity contribution >= 4 is 11.7 Å². The molecule has 0 fully saturated rings. The number of carbonyl (C=O) groups is 2. The van der Waals surface area contributed by atoms with Crippen LogP contribution >= 0.6 is 0 Å². The van der Waals surface area contributed by atoms with Crippen LogP contribution < -0.4 is 10.6 Å². The molecule has 5 nitrogen and oxygen atoms in total. The number of amides is 1. The van der Waals surface area contributed by atoms with Crippen LogP contribution in [0, 0.1) is 0 Å². The first-order valence-electron chi connectivity index (χ1n) is 6.65. The molecule has 106 valence electrons. The lowest BCUT2D eigenvalue weighted by molar-refractivity contribution is -0.124. The smallest absolute Gasteiger partial charge is 0.220 e. The molecule has 0 spiro atoms. The average molecular weight is 257 g/mol. The Kier molecular flexibility index (Phi) is 10.6. The summed E-state index contributed by atoms with van der Waals surface area (Å²) in [5.41, 5.74) is 0. The SMILES string of the molecule is CNCCCN(C)CCCNC(=O)CCC(C)=O. The third-order valence-corrected chi connectivity index (χ3v) is 2.71. The monoisotopic (exact) mass is 257 g/mol. The summed E-state index contributed by atoms with van der Waals surface area (Å²) >= 11 is 0. The lowest BCUT2D eigenvalue weighted by atomic mass is 10.2. The molecule has 0 aliphatic rings. The summed E-state index contributed by atoms with van der Waals surface area (Å²) in [4.78, 5) is 24.3. The maximum Gasteiger partial charge on any atom is 0.220 e. The number of hydrogen-bond acceptors (Lipinski definition) is 4. The fourth-order valence-electron chi connectivity index (χ4n) is 1.59. The van der Waals surface area contributed by atoms with Crippen LogP contribution in [0.15, 0.2) is 0 Å². The zero-order chi connectivity index (χ0) is 13.8. The van der Waals surface area contributed by atoms with E-state index in [-0.39, 0.29) is 11.7 Å². The number of Topliss-reactive ketones (excluding diaryl/α,β-unsaturated/α-hetero) is 1. The Morgan fingerprint density at radius 2 is 1.67 bits per heavy atom. The van der Waals surface area contributed by atoms with Crippen LogP contribution in [-0.2, 0) is 9.59 Å². The molecule has 0 aromatic rings. The summed E-state index contributed by atoms with van der Waals surface area (Å²) in [5, 5.41) is 5.95. The van der Waals surface area contributed by atoms with Gasteiger partial charge >= 0.3 is 0 Å². The van der Waals surface area contributed by atoms with Crippen molar-refractivity contribution in [1.29, 1.82) is 0 Å². The van der Waals surface area contributed by atoms with E-state index in [1.165, 1.54) is 6.92 Å². The number of hydrogen-bond donors (Lipinski definition) is 2. The lowest BCUT2D eigenvalue weighted by Crippen LogP contribution is -2.29. The summed E-state index contributed by atoms with van der Waals surface area (Å²) in [6, 6.07) is 0. The van der Waals surface area contributed by atoms with E-state index < -0.39 is 0 Å². The first-order valence-corrected chi connectivity index (χ1v) is 6.65. The van der Waals surface area contributed by atoms with E-state index in [9.17, 15) is 9.59 Å². The molecule has 0 aliphatic carbocycles. The van der Waals surface area contributed by atoms with Gasteiger partial charge in [-0.1, -0.05) is 0 Å². The maximum absolute atomic E-state index is 11.3. The fourth-order valence-corrected chi connectivity index (χ4v) is 1.59. The molecule has 0 saturated heterocycles. The minimum atomic E-state index is -0.0250. The van der Waals surface area contributed by atoms with Gasteiger partial charge in [0.05, 0.1) is 0 Å². The molecule has 0 aromatic heterocycles. The second kappa shape index (κ2) is 11.2. The number of rotatable bonds is 11. The lowest BCUT2D eigenvalue weighted by Gasteiger charge is -2.16. The van der Waals surface area contributed by atoms with Crippen molar-refractivity contribution in [3.05, 3.63) is 0 Å². The minimum absolute atomic E-state index is 0.0250. The van der Waals surface area contributed by atoms with E-state index in [2.05, 4.69) is 22.6 Å². The van der Waals surface area contributed by atoms with Crippen LogP contribution in [0.4, 0.5) is 0 Å². The minimum Gasteiger partial charge on any atom is -0.356 e. The highest BCUT2D eigenvalue weighted by Gasteiger charge is 2.03. The molecule has 0 rings (SSSR count). The van der Waals surface area contributed by atoms with Crippen molar-refractivity contribution in [1.82, 2.24) is 15.5 Å². The summed E-state index contributed by atoms with van der Waals surface area (Å²) in [6.45, 7) is 5.28. The highest BCUT2D eigenvalue weighted by atomic mass is 16.2. The van der Waals surface area contributed by atoms with Gasteiger partial charge in [-0.15, -0.1) is 0 Å². The first kappa shape index (κ1) is 17.1. The Morgan fingerprint density at radius 3 is 2.22 bits per heavy atom. The second-order valence-electron chi connectivity index (χ2n) is 4.67. The van der Waals surface area contributed by atoms with Crippen molar-refractivity contribution < 1.29 is 9.59 Å². The standard InChI is InChI=1S/C13H27N3O2/c1-12(17)6-7-13(18)15-9-5-11-16(3)10-4-8-14-2/h14H,4-11H2,1-3H3,(H,15,18). The van der Waals surface area contributed by atoms with Crippen LogP contribution in [0.25, 0.3) is 0 Å². The number of nitrogens with one attached hydrogen (secondary N) is 2. The quantitative estimate of drug-likeness (QED) is 0.526. The van der Waals surface area contributed by atoms with Crippen molar-refractivity contribution in [2.45, 2.75) is 32.6 Å². The first-order chi connectivity index (χ1) is 8.56. The maximum atomic E-state index is 11.3. The number of ketones is 1. The predicted octanol–water partition coefficient (Wildman–Crippen LogP) is 0.403. The molecule has 0 aromatic carbocycles. The van der Waals surface area contributed by atoms with Crippen molar-refractivity contribution in [3.63, 3.8) is 0 Å². The van der Waals surface area contributed by atoms with Gasteiger partial charge in [-0.2, -0.15) is 0 Å². The van der Waals surface area contributed by atoms with Gasteiger partial charge in [0.25, 0.3) is 0 Å².